The smallest absolute Gasteiger partial charge is 0.0100 e. The van der Waals surface area contributed by atoms with Gasteiger partial charge in [-0.1, -0.05) is 65.7 Å². The van der Waals surface area contributed by atoms with Crippen LogP contribution in [0.15, 0.2) is 0 Å². The molecule has 0 bridgehead atoms. The van der Waals surface area contributed by atoms with Crippen molar-refractivity contribution in [1.29, 1.82) is 0 Å². The largest absolute Gasteiger partial charge is 0.159 e. The molecule has 0 radical (unpaired) electrons. The van der Waals surface area contributed by atoms with E-state index in [9.17, 15) is 0 Å². The van der Waals surface area contributed by atoms with Crippen LogP contribution in [-0.4, -0.2) is 11.0 Å². The van der Waals surface area contributed by atoms with Gasteiger partial charge in [-0.15, -0.1) is 0 Å². The summed E-state index contributed by atoms with van der Waals surface area (Å²) in [5, 5.41) is 0. The molecule has 86 valence electrons. The number of hydrogen-bond donors (Lipinski definition) is 0. The quantitative estimate of drug-likeness (QED) is 0.473. The molecule has 0 rings (SSSR count). The fourth-order valence-electron chi connectivity index (χ4n) is 1.61. The Kier molecular flexibility index (Phi) is 8.86. The molecule has 0 saturated carbocycles. The first-order valence-corrected chi connectivity index (χ1v) is 7.40. The molecule has 0 unspecified atom stereocenters. The molecule has 0 aromatic carbocycles. The average molecular weight is 216 g/mol. The summed E-state index contributed by atoms with van der Waals surface area (Å²) in [6.45, 7) is 6.99. The van der Waals surface area contributed by atoms with Crippen molar-refractivity contribution < 1.29 is 0 Å². The molecule has 0 fully saturated rings. The number of rotatable bonds is 9. The lowest BCUT2D eigenvalue weighted by molar-refractivity contribution is 0.537. The Bertz CT molecular complexity index is 118. The molecular formula is C13H28S. The SMILES string of the molecule is CCCCCCCCCC(C)(C)SC. The molecule has 0 N–H and O–H groups in total. The van der Waals surface area contributed by atoms with Crippen molar-refractivity contribution >= 4 is 11.8 Å². The van der Waals surface area contributed by atoms with Gasteiger partial charge in [-0.2, -0.15) is 11.8 Å². The zero-order valence-corrected chi connectivity index (χ0v) is 11.4. The summed E-state index contributed by atoms with van der Waals surface area (Å²) in [6, 6.07) is 0. The van der Waals surface area contributed by atoms with Gasteiger partial charge in [0, 0.05) is 4.75 Å². The molecule has 0 atom stereocenters. The number of unbranched alkanes of at least 4 members (excludes halogenated alkanes) is 6. The number of thioether (sulfide) groups is 1. The molecular weight excluding hydrogens is 188 g/mol. The molecule has 0 saturated heterocycles. The average Bonchev–Trinajstić information content (AvgIpc) is 2.16. The van der Waals surface area contributed by atoms with E-state index in [4.69, 9.17) is 0 Å². The van der Waals surface area contributed by atoms with E-state index in [1.54, 1.807) is 0 Å². The lowest BCUT2D eigenvalue weighted by atomic mass is 10.0. The van der Waals surface area contributed by atoms with Crippen LogP contribution in [0.3, 0.4) is 0 Å². The first kappa shape index (κ1) is 14.3. The van der Waals surface area contributed by atoms with Crippen LogP contribution < -0.4 is 0 Å². The highest BCUT2D eigenvalue weighted by molar-refractivity contribution is 7.99. The predicted octanol–water partition coefficient (Wildman–Crippen LogP) is 5.27. The highest BCUT2D eigenvalue weighted by Gasteiger charge is 2.14. The summed E-state index contributed by atoms with van der Waals surface area (Å²) in [5.74, 6) is 0. The van der Waals surface area contributed by atoms with Crippen LogP contribution in [0.5, 0.6) is 0 Å². The van der Waals surface area contributed by atoms with Gasteiger partial charge >= 0.3 is 0 Å². The Labute approximate surface area is 95.2 Å². The Balaban J connectivity index is 3.13. The van der Waals surface area contributed by atoms with Gasteiger partial charge in [0.05, 0.1) is 0 Å². The van der Waals surface area contributed by atoms with E-state index in [0.717, 1.165) is 0 Å². The van der Waals surface area contributed by atoms with Crippen LogP contribution in [0.1, 0.15) is 72.1 Å². The summed E-state index contributed by atoms with van der Waals surface area (Å²) < 4.78 is 0.503. The maximum absolute atomic E-state index is 2.36. The molecule has 0 aliphatic rings. The predicted molar refractivity (Wildman–Crippen MR) is 70.2 cm³/mol. The van der Waals surface area contributed by atoms with Crippen LogP contribution in [0, 0.1) is 0 Å². The third kappa shape index (κ3) is 8.93. The highest BCUT2D eigenvalue weighted by Crippen LogP contribution is 2.27. The lowest BCUT2D eigenvalue weighted by Gasteiger charge is -2.21. The van der Waals surface area contributed by atoms with Gasteiger partial charge in [-0.05, 0) is 12.7 Å². The first-order chi connectivity index (χ1) is 6.62. The highest BCUT2D eigenvalue weighted by atomic mass is 32.2. The topological polar surface area (TPSA) is 0 Å². The normalized spacial score (nSPS) is 12.0. The van der Waals surface area contributed by atoms with Gasteiger partial charge in [0.15, 0.2) is 0 Å². The van der Waals surface area contributed by atoms with Gasteiger partial charge in [0.2, 0.25) is 0 Å². The van der Waals surface area contributed by atoms with Crippen molar-refractivity contribution in [1.82, 2.24) is 0 Å². The summed E-state index contributed by atoms with van der Waals surface area (Å²) in [4.78, 5) is 0. The summed E-state index contributed by atoms with van der Waals surface area (Å²) in [6.07, 6.45) is 13.6. The van der Waals surface area contributed by atoms with Crippen molar-refractivity contribution in [3.63, 3.8) is 0 Å². The molecule has 1 heteroatoms. The zero-order valence-electron chi connectivity index (χ0n) is 10.6. The van der Waals surface area contributed by atoms with E-state index in [1.165, 1.54) is 51.4 Å². The first-order valence-electron chi connectivity index (χ1n) is 6.17. The molecule has 0 heterocycles. The monoisotopic (exact) mass is 216 g/mol. The standard InChI is InChI=1S/C13H28S/c1-5-6-7-8-9-10-11-12-13(2,3)14-4/h5-12H2,1-4H3. The van der Waals surface area contributed by atoms with E-state index in [-0.39, 0.29) is 0 Å². The van der Waals surface area contributed by atoms with E-state index < -0.39 is 0 Å². The van der Waals surface area contributed by atoms with Gasteiger partial charge in [-0.3, -0.25) is 0 Å². The minimum atomic E-state index is 0.503. The Morgan fingerprint density at radius 2 is 1.36 bits per heavy atom. The fourth-order valence-corrected chi connectivity index (χ4v) is 1.96. The molecule has 0 amide bonds. The Morgan fingerprint density at radius 1 is 0.857 bits per heavy atom. The summed E-state index contributed by atoms with van der Waals surface area (Å²) in [5.41, 5.74) is 0. The second-order valence-electron chi connectivity index (χ2n) is 4.84. The van der Waals surface area contributed by atoms with Gasteiger partial charge < -0.3 is 0 Å². The van der Waals surface area contributed by atoms with Crippen molar-refractivity contribution in [2.24, 2.45) is 0 Å². The fraction of sp³-hybridized carbons (Fsp3) is 1.00. The Morgan fingerprint density at radius 3 is 1.86 bits per heavy atom. The molecule has 0 nitrogen and oxygen atoms in total. The molecule has 0 aliphatic carbocycles. The molecule has 0 spiro atoms. The van der Waals surface area contributed by atoms with Crippen LogP contribution in [-0.2, 0) is 0 Å². The van der Waals surface area contributed by atoms with E-state index in [1.807, 2.05) is 11.8 Å². The maximum Gasteiger partial charge on any atom is 0.0100 e. The maximum atomic E-state index is 2.36. The third-order valence-electron chi connectivity index (χ3n) is 2.93. The second kappa shape index (κ2) is 8.64. The third-order valence-corrected chi connectivity index (χ3v) is 4.24. The molecule has 0 aliphatic heterocycles. The zero-order chi connectivity index (χ0) is 10.9. The molecule has 14 heavy (non-hydrogen) atoms. The van der Waals surface area contributed by atoms with Crippen molar-refractivity contribution in [3.8, 4) is 0 Å². The lowest BCUT2D eigenvalue weighted by Crippen LogP contribution is -2.13. The van der Waals surface area contributed by atoms with Gasteiger partial charge in [0.25, 0.3) is 0 Å². The number of hydrogen-bond acceptors (Lipinski definition) is 1. The summed E-state index contributed by atoms with van der Waals surface area (Å²) in [7, 11) is 0. The molecule has 0 aromatic rings. The Hall–Kier alpha value is 0.350. The van der Waals surface area contributed by atoms with Crippen molar-refractivity contribution in [2.45, 2.75) is 76.9 Å². The molecule has 0 aromatic heterocycles. The minimum absolute atomic E-state index is 0.503. The van der Waals surface area contributed by atoms with Crippen LogP contribution in [0.2, 0.25) is 0 Å². The van der Waals surface area contributed by atoms with Gasteiger partial charge in [0.1, 0.15) is 0 Å². The van der Waals surface area contributed by atoms with E-state index >= 15 is 0 Å². The summed E-state index contributed by atoms with van der Waals surface area (Å²) >= 11 is 2.00. The van der Waals surface area contributed by atoms with Crippen molar-refractivity contribution in [3.05, 3.63) is 0 Å². The van der Waals surface area contributed by atoms with Crippen LogP contribution in [0.4, 0.5) is 0 Å². The van der Waals surface area contributed by atoms with E-state index in [0.29, 0.717) is 4.75 Å². The van der Waals surface area contributed by atoms with Crippen LogP contribution in [0.25, 0.3) is 0 Å². The minimum Gasteiger partial charge on any atom is -0.159 e. The second-order valence-corrected chi connectivity index (χ2v) is 6.35. The van der Waals surface area contributed by atoms with E-state index in [2.05, 4.69) is 27.0 Å². The van der Waals surface area contributed by atoms with Gasteiger partial charge in [-0.25, -0.2) is 0 Å². The van der Waals surface area contributed by atoms with Crippen LogP contribution >= 0.6 is 11.8 Å². The van der Waals surface area contributed by atoms with Crippen molar-refractivity contribution in [2.75, 3.05) is 6.26 Å².